The minimum Gasteiger partial charge on any atom is -0.356 e. The second-order valence-corrected chi connectivity index (χ2v) is 6.34. The predicted octanol–water partition coefficient (Wildman–Crippen LogP) is 1.94. The van der Waals surface area contributed by atoms with Crippen LogP contribution in [0.5, 0.6) is 0 Å². The van der Waals surface area contributed by atoms with Crippen LogP contribution in [0.3, 0.4) is 0 Å². The van der Waals surface area contributed by atoms with Crippen molar-refractivity contribution >= 4 is 17.8 Å². The number of amides is 4. The van der Waals surface area contributed by atoms with E-state index in [0.717, 1.165) is 44.9 Å². The van der Waals surface area contributed by atoms with Crippen LogP contribution in [-0.4, -0.2) is 41.4 Å². The van der Waals surface area contributed by atoms with Gasteiger partial charge in [0.05, 0.1) is 0 Å². The van der Waals surface area contributed by atoms with Gasteiger partial charge in [-0.15, -0.1) is 0 Å². The lowest BCUT2D eigenvalue weighted by Gasteiger charge is -2.20. The fraction of sp³-hybridized carbons (Fsp3) is 0.812. The maximum atomic E-state index is 12.4. The number of urea groups is 1. The summed E-state index contributed by atoms with van der Waals surface area (Å²) in [7, 11) is 0. The normalized spacial score (nSPS) is 19.8. The first-order valence-electron chi connectivity index (χ1n) is 8.50. The van der Waals surface area contributed by atoms with Crippen LogP contribution in [0.1, 0.15) is 64.7 Å². The summed E-state index contributed by atoms with van der Waals surface area (Å²) in [5.74, 6) is -0.0258. The Hall–Kier alpha value is -1.59. The number of imide groups is 1. The van der Waals surface area contributed by atoms with Crippen LogP contribution in [0.2, 0.25) is 0 Å². The van der Waals surface area contributed by atoms with E-state index >= 15 is 0 Å². The zero-order valence-electron chi connectivity index (χ0n) is 13.5. The van der Waals surface area contributed by atoms with Crippen molar-refractivity contribution in [3.63, 3.8) is 0 Å². The van der Waals surface area contributed by atoms with Gasteiger partial charge in [0.25, 0.3) is 5.91 Å². The second-order valence-electron chi connectivity index (χ2n) is 6.34. The third-order valence-corrected chi connectivity index (χ3v) is 4.59. The molecular formula is C16H27N3O3. The van der Waals surface area contributed by atoms with Gasteiger partial charge in [0.15, 0.2) is 0 Å². The molecular weight excluding hydrogens is 282 g/mol. The molecule has 2 N–H and O–H groups in total. The summed E-state index contributed by atoms with van der Waals surface area (Å²) in [4.78, 5) is 37.2. The maximum absolute atomic E-state index is 12.4. The molecule has 2 aliphatic rings. The van der Waals surface area contributed by atoms with Crippen molar-refractivity contribution in [3.8, 4) is 0 Å². The quantitative estimate of drug-likeness (QED) is 0.531. The third-order valence-electron chi connectivity index (χ3n) is 4.59. The molecule has 1 aliphatic carbocycles. The molecule has 1 aliphatic heterocycles. The van der Waals surface area contributed by atoms with Gasteiger partial charge < -0.3 is 10.6 Å². The van der Waals surface area contributed by atoms with Gasteiger partial charge in [-0.1, -0.05) is 32.6 Å². The first-order chi connectivity index (χ1) is 10.6. The highest BCUT2D eigenvalue weighted by atomic mass is 16.2. The number of hydrogen-bond donors (Lipinski definition) is 2. The Morgan fingerprint density at radius 3 is 2.64 bits per heavy atom. The zero-order valence-corrected chi connectivity index (χ0v) is 13.5. The SMILES string of the molecule is CCCCCC(=O)NCCCN1C(=O)NC2(CCCC2)C1=O. The summed E-state index contributed by atoms with van der Waals surface area (Å²) in [6, 6.07) is -0.277. The number of unbranched alkanes of at least 4 members (excludes halogenated alkanes) is 2. The molecule has 0 radical (unpaired) electrons. The molecule has 1 saturated carbocycles. The number of nitrogens with zero attached hydrogens (tertiary/aromatic N) is 1. The molecule has 1 saturated heterocycles. The summed E-state index contributed by atoms with van der Waals surface area (Å²) in [5, 5.41) is 5.71. The van der Waals surface area contributed by atoms with Crippen LogP contribution in [0, 0.1) is 0 Å². The van der Waals surface area contributed by atoms with Crippen LogP contribution in [0.4, 0.5) is 4.79 Å². The van der Waals surface area contributed by atoms with Crippen LogP contribution in [0.25, 0.3) is 0 Å². The number of nitrogens with one attached hydrogen (secondary N) is 2. The molecule has 0 unspecified atom stereocenters. The Kier molecular flexibility index (Phi) is 5.80. The Labute approximate surface area is 132 Å². The number of rotatable bonds is 8. The van der Waals surface area contributed by atoms with Crippen LogP contribution in [0.15, 0.2) is 0 Å². The Bertz CT molecular complexity index is 430. The topological polar surface area (TPSA) is 78.5 Å². The summed E-state index contributed by atoms with van der Waals surface area (Å²) in [6.45, 7) is 2.99. The molecule has 2 rings (SSSR count). The Morgan fingerprint density at radius 2 is 1.95 bits per heavy atom. The average Bonchev–Trinajstić information content (AvgIpc) is 3.04. The van der Waals surface area contributed by atoms with E-state index in [1.54, 1.807) is 0 Å². The molecule has 2 fully saturated rings. The summed E-state index contributed by atoms with van der Waals surface area (Å²) < 4.78 is 0. The van der Waals surface area contributed by atoms with E-state index in [1.807, 2.05) is 0 Å². The lowest BCUT2D eigenvalue weighted by molar-refractivity contribution is -0.131. The van der Waals surface area contributed by atoms with E-state index in [1.165, 1.54) is 4.90 Å². The van der Waals surface area contributed by atoms with Gasteiger partial charge in [-0.05, 0) is 25.7 Å². The molecule has 0 bridgehead atoms. The zero-order chi connectivity index (χ0) is 16.0. The van der Waals surface area contributed by atoms with Crippen molar-refractivity contribution in [1.82, 2.24) is 15.5 Å². The van der Waals surface area contributed by atoms with Gasteiger partial charge >= 0.3 is 6.03 Å². The molecule has 0 atom stereocenters. The maximum Gasteiger partial charge on any atom is 0.325 e. The van der Waals surface area contributed by atoms with Gasteiger partial charge in [-0.3, -0.25) is 14.5 Å². The van der Waals surface area contributed by atoms with Gasteiger partial charge in [-0.2, -0.15) is 0 Å². The smallest absolute Gasteiger partial charge is 0.325 e. The lowest BCUT2D eigenvalue weighted by Crippen LogP contribution is -2.44. The highest BCUT2D eigenvalue weighted by molar-refractivity contribution is 6.07. The van der Waals surface area contributed by atoms with E-state index in [4.69, 9.17) is 0 Å². The number of hydrogen-bond acceptors (Lipinski definition) is 3. The van der Waals surface area contributed by atoms with Crippen molar-refractivity contribution < 1.29 is 14.4 Å². The van der Waals surface area contributed by atoms with Gasteiger partial charge in [-0.25, -0.2) is 4.79 Å². The largest absolute Gasteiger partial charge is 0.356 e. The first-order valence-corrected chi connectivity index (χ1v) is 8.50. The summed E-state index contributed by atoms with van der Waals surface area (Å²) >= 11 is 0. The monoisotopic (exact) mass is 309 g/mol. The number of carbonyl (C=O) groups is 3. The molecule has 1 heterocycles. The van der Waals surface area contributed by atoms with Gasteiger partial charge in [0, 0.05) is 19.5 Å². The molecule has 6 nitrogen and oxygen atoms in total. The molecule has 6 heteroatoms. The summed E-state index contributed by atoms with van der Waals surface area (Å²) in [5.41, 5.74) is -0.625. The predicted molar refractivity (Wildman–Crippen MR) is 83.2 cm³/mol. The molecule has 124 valence electrons. The van der Waals surface area contributed by atoms with E-state index in [9.17, 15) is 14.4 Å². The van der Waals surface area contributed by atoms with Crippen molar-refractivity contribution in [2.24, 2.45) is 0 Å². The molecule has 0 aromatic rings. The second kappa shape index (κ2) is 7.61. The van der Waals surface area contributed by atoms with E-state index in [2.05, 4.69) is 17.6 Å². The van der Waals surface area contributed by atoms with Crippen molar-refractivity contribution in [3.05, 3.63) is 0 Å². The molecule has 0 aromatic carbocycles. The van der Waals surface area contributed by atoms with Gasteiger partial charge in [0.1, 0.15) is 5.54 Å². The summed E-state index contributed by atoms with van der Waals surface area (Å²) in [6.07, 6.45) is 7.73. The fourth-order valence-electron chi connectivity index (χ4n) is 3.29. The van der Waals surface area contributed by atoms with E-state index < -0.39 is 5.54 Å². The lowest BCUT2D eigenvalue weighted by atomic mass is 9.98. The highest BCUT2D eigenvalue weighted by Gasteiger charge is 2.51. The Morgan fingerprint density at radius 1 is 1.23 bits per heavy atom. The molecule has 1 spiro atoms. The minimum atomic E-state index is -0.625. The number of carbonyl (C=O) groups excluding carboxylic acids is 3. The highest BCUT2D eigenvalue weighted by Crippen LogP contribution is 2.34. The van der Waals surface area contributed by atoms with Crippen molar-refractivity contribution in [2.45, 2.75) is 70.3 Å². The molecule has 22 heavy (non-hydrogen) atoms. The van der Waals surface area contributed by atoms with E-state index in [0.29, 0.717) is 25.9 Å². The van der Waals surface area contributed by atoms with Crippen LogP contribution in [-0.2, 0) is 9.59 Å². The van der Waals surface area contributed by atoms with Crippen LogP contribution < -0.4 is 10.6 Å². The molecule has 0 aromatic heterocycles. The van der Waals surface area contributed by atoms with Crippen molar-refractivity contribution in [1.29, 1.82) is 0 Å². The van der Waals surface area contributed by atoms with Crippen LogP contribution >= 0.6 is 0 Å². The minimum absolute atomic E-state index is 0.0536. The van der Waals surface area contributed by atoms with Gasteiger partial charge in [0.2, 0.25) is 5.91 Å². The first kappa shape index (κ1) is 16.8. The molecule has 4 amide bonds. The standard InChI is InChI=1S/C16H27N3O3/c1-2-3-4-8-13(20)17-11-7-12-19-14(21)16(18-15(19)22)9-5-6-10-16/h2-12H2,1H3,(H,17,20)(H,18,22). The third kappa shape index (κ3) is 3.78. The average molecular weight is 309 g/mol. The fourth-order valence-corrected chi connectivity index (χ4v) is 3.29. The van der Waals surface area contributed by atoms with Crippen molar-refractivity contribution in [2.75, 3.05) is 13.1 Å². The van der Waals surface area contributed by atoms with E-state index in [-0.39, 0.29) is 17.8 Å². The Balaban J connectivity index is 1.68.